The molecule has 2 aliphatic heterocycles. The number of hydrogen-bond donors (Lipinski definition) is 0. The zero-order valence-electron chi connectivity index (χ0n) is 14.3. The molecule has 0 N–H and O–H groups in total. The zero-order valence-corrected chi connectivity index (χ0v) is 17.2. The number of hydrogen-bond acceptors (Lipinski definition) is 4. The molecule has 0 saturated carbocycles. The highest BCUT2D eigenvalue weighted by molar-refractivity contribution is 14.1. The predicted octanol–water partition coefficient (Wildman–Crippen LogP) is 3.27. The first-order valence-electron chi connectivity index (χ1n) is 8.46. The van der Waals surface area contributed by atoms with Crippen LogP contribution < -0.4 is 9.47 Å². The maximum Gasteiger partial charge on any atom is 0.255 e. The van der Waals surface area contributed by atoms with Crippen molar-refractivity contribution < 1.29 is 19.1 Å². The molecule has 27 heavy (non-hydrogen) atoms. The maximum absolute atomic E-state index is 12.8. The van der Waals surface area contributed by atoms with Crippen LogP contribution in [0, 0.1) is 3.57 Å². The highest BCUT2D eigenvalue weighted by Crippen LogP contribution is 2.33. The Kier molecular flexibility index (Phi) is 5.14. The molecule has 2 aliphatic rings. The van der Waals surface area contributed by atoms with Crippen molar-refractivity contribution in [1.82, 2.24) is 9.80 Å². The molecule has 8 heteroatoms. The van der Waals surface area contributed by atoms with Gasteiger partial charge in [0.2, 0.25) is 6.79 Å². The summed E-state index contributed by atoms with van der Waals surface area (Å²) >= 11 is 8.16. The molecule has 0 radical (unpaired) electrons. The van der Waals surface area contributed by atoms with Crippen LogP contribution in [0.3, 0.4) is 0 Å². The highest BCUT2D eigenvalue weighted by Gasteiger charge is 2.27. The van der Waals surface area contributed by atoms with Crippen LogP contribution in [0.5, 0.6) is 11.5 Å². The number of fused-ring (bicyclic) bond motifs is 1. The van der Waals surface area contributed by atoms with Gasteiger partial charge in [-0.1, -0.05) is 11.6 Å². The van der Waals surface area contributed by atoms with E-state index in [1.807, 2.05) is 6.07 Å². The molecule has 140 valence electrons. The molecule has 6 nitrogen and oxygen atoms in total. The fourth-order valence-electron chi connectivity index (χ4n) is 3.16. The molecule has 2 aromatic carbocycles. The van der Waals surface area contributed by atoms with Gasteiger partial charge in [0.15, 0.2) is 11.5 Å². The second kappa shape index (κ2) is 7.55. The Hall–Kier alpha value is -2.00. The maximum atomic E-state index is 12.8. The largest absolute Gasteiger partial charge is 0.454 e. The fourth-order valence-corrected chi connectivity index (χ4v) is 3.89. The summed E-state index contributed by atoms with van der Waals surface area (Å²) < 4.78 is 11.5. The topological polar surface area (TPSA) is 59.1 Å². The summed E-state index contributed by atoms with van der Waals surface area (Å²) in [6, 6.07) is 10.5. The van der Waals surface area contributed by atoms with Crippen molar-refractivity contribution in [2.75, 3.05) is 33.0 Å². The van der Waals surface area contributed by atoms with Crippen molar-refractivity contribution in [3.8, 4) is 11.5 Å². The number of ether oxygens (including phenoxy) is 2. The minimum Gasteiger partial charge on any atom is -0.454 e. The Morgan fingerprint density at radius 3 is 2.30 bits per heavy atom. The molecular weight excluding hydrogens is 483 g/mol. The minimum absolute atomic E-state index is 0.0583. The van der Waals surface area contributed by atoms with E-state index >= 15 is 0 Å². The van der Waals surface area contributed by atoms with Gasteiger partial charge < -0.3 is 19.3 Å². The van der Waals surface area contributed by atoms with Crippen LogP contribution in [0.15, 0.2) is 36.4 Å². The predicted molar refractivity (Wildman–Crippen MR) is 109 cm³/mol. The van der Waals surface area contributed by atoms with Gasteiger partial charge in [-0.15, -0.1) is 0 Å². The Labute approximate surface area is 175 Å². The molecule has 2 heterocycles. The van der Waals surface area contributed by atoms with E-state index in [2.05, 4.69) is 22.6 Å². The number of halogens is 2. The zero-order chi connectivity index (χ0) is 19.0. The van der Waals surface area contributed by atoms with Gasteiger partial charge >= 0.3 is 0 Å². The lowest BCUT2D eigenvalue weighted by Gasteiger charge is -2.35. The average molecular weight is 499 g/mol. The quantitative estimate of drug-likeness (QED) is 0.597. The van der Waals surface area contributed by atoms with Gasteiger partial charge in [-0.2, -0.15) is 0 Å². The van der Waals surface area contributed by atoms with E-state index in [0.29, 0.717) is 53.8 Å². The van der Waals surface area contributed by atoms with E-state index in [9.17, 15) is 9.59 Å². The molecule has 2 amide bonds. The van der Waals surface area contributed by atoms with E-state index in [1.165, 1.54) is 0 Å². The number of nitrogens with zero attached hydrogens (tertiary/aromatic N) is 2. The molecule has 0 bridgehead atoms. The molecule has 0 spiro atoms. The smallest absolute Gasteiger partial charge is 0.255 e. The lowest BCUT2D eigenvalue weighted by molar-refractivity contribution is 0.0535. The minimum atomic E-state index is -0.0715. The number of carbonyl (C=O) groups excluding carboxylic acids is 2. The molecule has 1 saturated heterocycles. The molecule has 1 fully saturated rings. The molecular formula is C19H16ClIN2O4. The van der Waals surface area contributed by atoms with Crippen molar-refractivity contribution in [2.45, 2.75) is 0 Å². The van der Waals surface area contributed by atoms with Crippen molar-refractivity contribution in [3.05, 3.63) is 56.1 Å². The third-order valence-corrected chi connectivity index (χ3v) is 5.81. The first kappa shape index (κ1) is 18.4. The lowest BCUT2D eigenvalue weighted by atomic mass is 10.1. The summed E-state index contributed by atoms with van der Waals surface area (Å²) in [6.45, 7) is 2.11. The van der Waals surface area contributed by atoms with Crippen LogP contribution in [0.1, 0.15) is 20.7 Å². The van der Waals surface area contributed by atoms with Crippen LogP contribution in [0.2, 0.25) is 5.02 Å². The summed E-state index contributed by atoms with van der Waals surface area (Å²) in [5, 5.41) is 0.537. The Bertz CT molecular complexity index is 913. The Morgan fingerprint density at radius 2 is 1.56 bits per heavy atom. The van der Waals surface area contributed by atoms with E-state index < -0.39 is 0 Å². The standard InChI is InChI=1S/C19H16ClIN2O4/c20-13-2-3-15(21)14(10-13)19(25)23-7-5-22(6-8-23)18(24)12-1-4-16-17(9-12)27-11-26-16/h1-4,9-10H,5-8,11H2. The second-order valence-electron chi connectivity index (χ2n) is 6.28. The fraction of sp³-hybridized carbons (Fsp3) is 0.263. The highest BCUT2D eigenvalue weighted by atomic mass is 127. The third kappa shape index (κ3) is 3.70. The summed E-state index contributed by atoms with van der Waals surface area (Å²) in [5.41, 5.74) is 1.15. The Balaban J connectivity index is 1.42. The number of benzene rings is 2. The van der Waals surface area contributed by atoms with Gasteiger partial charge in [0.1, 0.15) is 0 Å². The lowest BCUT2D eigenvalue weighted by Crippen LogP contribution is -2.50. The first-order chi connectivity index (χ1) is 13.0. The van der Waals surface area contributed by atoms with Gasteiger partial charge in [0.05, 0.1) is 5.56 Å². The van der Waals surface area contributed by atoms with Crippen LogP contribution in [-0.4, -0.2) is 54.6 Å². The van der Waals surface area contributed by atoms with E-state index in [1.54, 1.807) is 40.1 Å². The number of amides is 2. The van der Waals surface area contributed by atoms with Crippen molar-refractivity contribution in [3.63, 3.8) is 0 Å². The third-order valence-electron chi connectivity index (χ3n) is 4.63. The molecule has 2 aromatic rings. The summed E-state index contributed by atoms with van der Waals surface area (Å²) in [7, 11) is 0. The van der Waals surface area contributed by atoms with Crippen LogP contribution in [-0.2, 0) is 0 Å². The van der Waals surface area contributed by atoms with Crippen LogP contribution in [0.4, 0.5) is 0 Å². The summed E-state index contributed by atoms with van der Waals surface area (Å²) in [4.78, 5) is 29.0. The van der Waals surface area contributed by atoms with Crippen molar-refractivity contribution >= 4 is 46.0 Å². The monoisotopic (exact) mass is 498 g/mol. The summed E-state index contributed by atoms with van der Waals surface area (Å²) in [5.74, 6) is 1.11. The van der Waals surface area contributed by atoms with Gasteiger partial charge in [-0.3, -0.25) is 9.59 Å². The number of piperazine rings is 1. The molecule has 0 aromatic heterocycles. The van der Waals surface area contributed by atoms with Crippen molar-refractivity contribution in [2.24, 2.45) is 0 Å². The average Bonchev–Trinajstić information content (AvgIpc) is 3.16. The second-order valence-corrected chi connectivity index (χ2v) is 7.88. The number of rotatable bonds is 2. The van der Waals surface area contributed by atoms with Gasteiger partial charge in [0, 0.05) is 40.3 Å². The van der Waals surface area contributed by atoms with E-state index in [-0.39, 0.29) is 18.6 Å². The molecule has 0 aliphatic carbocycles. The SMILES string of the molecule is O=C(c1ccc2c(c1)OCO2)N1CCN(C(=O)c2cc(Cl)ccc2I)CC1. The molecule has 0 unspecified atom stereocenters. The van der Waals surface area contributed by atoms with Gasteiger partial charge in [0.25, 0.3) is 11.8 Å². The van der Waals surface area contributed by atoms with Crippen LogP contribution in [0.25, 0.3) is 0 Å². The van der Waals surface area contributed by atoms with Gasteiger partial charge in [-0.05, 0) is 59.0 Å². The first-order valence-corrected chi connectivity index (χ1v) is 9.92. The normalized spacial score (nSPS) is 15.8. The van der Waals surface area contributed by atoms with Crippen LogP contribution >= 0.6 is 34.2 Å². The van der Waals surface area contributed by atoms with E-state index in [0.717, 1.165) is 3.57 Å². The van der Waals surface area contributed by atoms with Gasteiger partial charge in [-0.25, -0.2) is 0 Å². The van der Waals surface area contributed by atoms with E-state index in [4.69, 9.17) is 21.1 Å². The van der Waals surface area contributed by atoms with Crippen molar-refractivity contribution in [1.29, 1.82) is 0 Å². The number of carbonyl (C=O) groups is 2. The Morgan fingerprint density at radius 1 is 0.889 bits per heavy atom. The summed E-state index contributed by atoms with van der Waals surface area (Å²) in [6.07, 6.45) is 0. The molecule has 0 atom stereocenters. The molecule has 4 rings (SSSR count).